The second kappa shape index (κ2) is 5.04. The first-order valence-electron chi connectivity index (χ1n) is 3.74. The third kappa shape index (κ3) is 2.86. The highest BCUT2D eigenvalue weighted by molar-refractivity contribution is 5.85. The maximum absolute atomic E-state index is 12.7. The lowest BCUT2D eigenvalue weighted by molar-refractivity contribution is 0.403. The Balaban J connectivity index is 0.00000144. The highest BCUT2D eigenvalue weighted by Gasteiger charge is 2.07. The molecule has 1 rings (SSSR count). The Morgan fingerprint density at radius 1 is 1.46 bits per heavy atom. The molecule has 0 aliphatic carbocycles. The monoisotopic (exact) mass is 205 g/mol. The van der Waals surface area contributed by atoms with Crippen LogP contribution in [0, 0.1) is 5.82 Å². The number of hydrogen-bond donors (Lipinski definition) is 1. The molecule has 0 heterocycles. The van der Waals surface area contributed by atoms with Crippen molar-refractivity contribution in [3.63, 3.8) is 0 Å². The molecule has 0 bridgehead atoms. The minimum absolute atomic E-state index is 0. The van der Waals surface area contributed by atoms with Crippen molar-refractivity contribution in [2.45, 2.75) is 13.0 Å². The molecule has 2 nitrogen and oxygen atoms in total. The summed E-state index contributed by atoms with van der Waals surface area (Å²) in [5.41, 5.74) is 6.46. The predicted octanol–water partition coefficient (Wildman–Crippen LogP) is 2.28. The molecular weight excluding hydrogens is 193 g/mol. The summed E-state index contributed by atoms with van der Waals surface area (Å²) in [6, 6.07) is 4.21. The Hall–Kier alpha value is -0.800. The van der Waals surface area contributed by atoms with Crippen LogP contribution >= 0.6 is 12.4 Å². The molecule has 1 unspecified atom stereocenters. The molecule has 1 aromatic carbocycles. The molecule has 13 heavy (non-hydrogen) atoms. The molecule has 0 aromatic heterocycles. The quantitative estimate of drug-likeness (QED) is 0.804. The van der Waals surface area contributed by atoms with Crippen LogP contribution in [0.1, 0.15) is 18.5 Å². The molecule has 0 amide bonds. The molecule has 0 radical (unpaired) electrons. The van der Waals surface area contributed by atoms with E-state index in [9.17, 15) is 4.39 Å². The zero-order valence-electron chi connectivity index (χ0n) is 7.58. The van der Waals surface area contributed by atoms with Crippen molar-refractivity contribution in [1.82, 2.24) is 0 Å². The zero-order chi connectivity index (χ0) is 9.14. The first-order valence-corrected chi connectivity index (χ1v) is 3.74. The summed E-state index contributed by atoms with van der Waals surface area (Å²) in [5.74, 6) is 0.196. The topological polar surface area (TPSA) is 35.2 Å². The van der Waals surface area contributed by atoms with Crippen molar-refractivity contribution in [1.29, 1.82) is 0 Å². The van der Waals surface area contributed by atoms with E-state index in [0.717, 1.165) is 5.56 Å². The summed E-state index contributed by atoms with van der Waals surface area (Å²) in [5, 5.41) is 0. The average Bonchev–Trinajstić information content (AvgIpc) is 2.03. The van der Waals surface area contributed by atoms with Crippen LogP contribution in [-0.2, 0) is 0 Å². The fourth-order valence-corrected chi connectivity index (χ4v) is 1.06. The van der Waals surface area contributed by atoms with Gasteiger partial charge < -0.3 is 10.5 Å². The van der Waals surface area contributed by atoms with Gasteiger partial charge in [-0.25, -0.2) is 4.39 Å². The fourth-order valence-electron chi connectivity index (χ4n) is 1.06. The Labute approximate surface area is 83.3 Å². The van der Waals surface area contributed by atoms with Crippen LogP contribution < -0.4 is 10.5 Å². The molecule has 0 aliphatic heterocycles. The Bertz CT molecular complexity index is 278. The number of rotatable bonds is 2. The standard InChI is InChI=1S/C9H12FNO.ClH/c1-6(11)8-4-3-7(10)5-9(8)12-2;/h3-6H,11H2,1-2H3;1H. The van der Waals surface area contributed by atoms with E-state index >= 15 is 0 Å². The summed E-state index contributed by atoms with van der Waals surface area (Å²) < 4.78 is 17.6. The lowest BCUT2D eigenvalue weighted by Gasteiger charge is -2.10. The Kier molecular flexibility index (Phi) is 4.73. The van der Waals surface area contributed by atoms with Gasteiger partial charge in [-0.2, -0.15) is 0 Å². The summed E-state index contributed by atoms with van der Waals surface area (Å²) in [4.78, 5) is 0. The maximum atomic E-state index is 12.7. The summed E-state index contributed by atoms with van der Waals surface area (Å²) >= 11 is 0. The van der Waals surface area contributed by atoms with Crippen LogP contribution in [-0.4, -0.2) is 7.11 Å². The van der Waals surface area contributed by atoms with Crippen molar-refractivity contribution >= 4 is 12.4 Å². The van der Waals surface area contributed by atoms with E-state index in [1.54, 1.807) is 6.07 Å². The SMILES string of the molecule is COc1cc(F)ccc1C(C)N.Cl. The first kappa shape index (κ1) is 12.2. The van der Waals surface area contributed by atoms with Gasteiger partial charge in [0.25, 0.3) is 0 Å². The predicted molar refractivity (Wildman–Crippen MR) is 52.8 cm³/mol. The third-order valence-electron chi connectivity index (χ3n) is 1.69. The van der Waals surface area contributed by atoms with E-state index in [1.165, 1.54) is 19.2 Å². The van der Waals surface area contributed by atoms with E-state index < -0.39 is 0 Å². The normalized spacial score (nSPS) is 11.7. The van der Waals surface area contributed by atoms with Crippen molar-refractivity contribution in [3.05, 3.63) is 29.6 Å². The van der Waals surface area contributed by atoms with Gasteiger partial charge >= 0.3 is 0 Å². The second-order valence-electron chi connectivity index (χ2n) is 2.67. The Morgan fingerprint density at radius 3 is 2.54 bits per heavy atom. The van der Waals surface area contributed by atoms with Crippen molar-refractivity contribution < 1.29 is 9.13 Å². The molecule has 4 heteroatoms. The second-order valence-corrected chi connectivity index (χ2v) is 2.67. The van der Waals surface area contributed by atoms with Crippen LogP contribution in [0.5, 0.6) is 5.75 Å². The van der Waals surface area contributed by atoms with Gasteiger partial charge in [0.2, 0.25) is 0 Å². The van der Waals surface area contributed by atoms with E-state index in [-0.39, 0.29) is 24.3 Å². The summed E-state index contributed by atoms with van der Waals surface area (Å²) in [6.45, 7) is 1.83. The lowest BCUT2D eigenvalue weighted by atomic mass is 10.1. The number of benzene rings is 1. The minimum Gasteiger partial charge on any atom is -0.496 e. The molecule has 0 saturated carbocycles. The molecule has 0 spiro atoms. The van der Waals surface area contributed by atoms with Crippen LogP contribution in [0.4, 0.5) is 4.39 Å². The molecule has 0 fully saturated rings. The highest BCUT2D eigenvalue weighted by atomic mass is 35.5. The minimum atomic E-state index is -0.309. The number of ether oxygens (including phenoxy) is 1. The van der Waals surface area contributed by atoms with Crippen molar-refractivity contribution in [2.75, 3.05) is 7.11 Å². The van der Waals surface area contributed by atoms with Gasteiger partial charge in [-0.1, -0.05) is 6.07 Å². The van der Waals surface area contributed by atoms with Crippen molar-refractivity contribution in [3.8, 4) is 5.75 Å². The lowest BCUT2D eigenvalue weighted by Crippen LogP contribution is -2.06. The molecular formula is C9H13ClFNO. The van der Waals surface area contributed by atoms with Crippen molar-refractivity contribution in [2.24, 2.45) is 5.73 Å². The van der Waals surface area contributed by atoms with Gasteiger partial charge in [0.1, 0.15) is 11.6 Å². The smallest absolute Gasteiger partial charge is 0.126 e. The van der Waals surface area contributed by atoms with Crippen LogP contribution in [0.3, 0.4) is 0 Å². The van der Waals surface area contributed by atoms with E-state index in [4.69, 9.17) is 10.5 Å². The summed E-state index contributed by atoms with van der Waals surface area (Å²) in [7, 11) is 1.50. The summed E-state index contributed by atoms with van der Waals surface area (Å²) in [6.07, 6.45) is 0. The largest absolute Gasteiger partial charge is 0.496 e. The van der Waals surface area contributed by atoms with E-state index in [2.05, 4.69) is 0 Å². The van der Waals surface area contributed by atoms with Gasteiger partial charge in [-0.05, 0) is 13.0 Å². The molecule has 2 N–H and O–H groups in total. The van der Waals surface area contributed by atoms with Gasteiger partial charge in [-0.3, -0.25) is 0 Å². The van der Waals surface area contributed by atoms with Gasteiger partial charge in [0.05, 0.1) is 7.11 Å². The third-order valence-corrected chi connectivity index (χ3v) is 1.69. The highest BCUT2D eigenvalue weighted by Crippen LogP contribution is 2.23. The fraction of sp³-hybridized carbons (Fsp3) is 0.333. The number of halogens is 2. The van der Waals surface area contributed by atoms with E-state index in [0.29, 0.717) is 5.75 Å². The number of methoxy groups -OCH3 is 1. The number of nitrogens with two attached hydrogens (primary N) is 1. The molecule has 1 aromatic rings. The van der Waals surface area contributed by atoms with Crippen LogP contribution in [0.25, 0.3) is 0 Å². The van der Waals surface area contributed by atoms with E-state index in [1.807, 2.05) is 6.92 Å². The molecule has 0 saturated heterocycles. The van der Waals surface area contributed by atoms with Crippen LogP contribution in [0.2, 0.25) is 0 Å². The molecule has 74 valence electrons. The van der Waals surface area contributed by atoms with Crippen LogP contribution in [0.15, 0.2) is 18.2 Å². The number of hydrogen-bond acceptors (Lipinski definition) is 2. The zero-order valence-corrected chi connectivity index (χ0v) is 8.40. The van der Waals surface area contributed by atoms with Gasteiger partial charge in [-0.15, -0.1) is 12.4 Å². The van der Waals surface area contributed by atoms with Gasteiger partial charge in [0, 0.05) is 17.7 Å². The maximum Gasteiger partial charge on any atom is 0.126 e. The average molecular weight is 206 g/mol. The first-order chi connectivity index (χ1) is 5.65. The Morgan fingerprint density at radius 2 is 2.08 bits per heavy atom. The molecule has 1 atom stereocenters. The van der Waals surface area contributed by atoms with Gasteiger partial charge in [0.15, 0.2) is 0 Å². The molecule has 0 aliphatic rings.